The molecule has 0 saturated carbocycles. The number of rotatable bonds is 2. The summed E-state index contributed by atoms with van der Waals surface area (Å²) < 4.78 is 0. The minimum absolute atomic E-state index is 0.518. The first-order valence-corrected chi connectivity index (χ1v) is 5.15. The van der Waals surface area contributed by atoms with Crippen LogP contribution >= 0.6 is 11.8 Å². The van der Waals surface area contributed by atoms with Gasteiger partial charge in [0.1, 0.15) is 0 Å². The zero-order valence-corrected chi connectivity index (χ0v) is 8.37. The first kappa shape index (κ1) is 9.47. The molecule has 0 amide bonds. The molecule has 3 heteroatoms. The molecular weight excluding hydrogens is 168 g/mol. The smallest absolute Gasteiger partial charge is 0.156 e. The summed E-state index contributed by atoms with van der Waals surface area (Å²) in [7, 11) is 0. The van der Waals surface area contributed by atoms with Gasteiger partial charge in [-0.1, -0.05) is 11.8 Å². The fourth-order valence-corrected chi connectivity index (χ4v) is 1.78. The average Bonchev–Trinajstić information content (AvgIpc) is 2.45. The van der Waals surface area contributed by atoms with Crippen molar-refractivity contribution in [3.63, 3.8) is 0 Å². The van der Waals surface area contributed by atoms with Gasteiger partial charge in [-0.25, -0.2) is 0 Å². The number of hydrogen-bond acceptors (Lipinski definition) is 3. The normalized spacial score (nSPS) is 20.8. The van der Waals surface area contributed by atoms with Gasteiger partial charge in [-0.2, -0.15) is 0 Å². The van der Waals surface area contributed by atoms with Gasteiger partial charge in [-0.3, -0.25) is 4.99 Å². The average molecular weight is 182 g/mol. The van der Waals surface area contributed by atoms with Gasteiger partial charge in [-0.15, -0.1) is 11.8 Å². The molecule has 12 heavy (non-hydrogen) atoms. The van der Waals surface area contributed by atoms with Crippen LogP contribution in [0.15, 0.2) is 4.99 Å². The third-order valence-corrected chi connectivity index (χ3v) is 2.45. The second-order valence-electron chi connectivity index (χ2n) is 2.72. The van der Waals surface area contributed by atoms with Crippen LogP contribution in [-0.4, -0.2) is 23.5 Å². The summed E-state index contributed by atoms with van der Waals surface area (Å²) >= 11 is 1.76. The van der Waals surface area contributed by atoms with Crippen molar-refractivity contribution in [2.24, 2.45) is 4.99 Å². The molecule has 0 saturated heterocycles. The Kier molecular flexibility index (Phi) is 4.02. The van der Waals surface area contributed by atoms with Crippen molar-refractivity contribution in [1.82, 2.24) is 5.32 Å². The molecule has 1 aliphatic heterocycles. The van der Waals surface area contributed by atoms with Crippen LogP contribution in [0.3, 0.4) is 0 Å². The van der Waals surface area contributed by atoms with E-state index in [4.69, 9.17) is 0 Å². The number of amidine groups is 1. The highest BCUT2D eigenvalue weighted by molar-refractivity contribution is 8.13. The maximum absolute atomic E-state index is 4.33. The highest BCUT2D eigenvalue weighted by atomic mass is 32.2. The lowest BCUT2D eigenvalue weighted by molar-refractivity contribution is 0.728. The minimum atomic E-state index is 0.518. The molecule has 2 nitrogen and oxygen atoms in total. The Hall–Kier alpha value is -0.620. The Morgan fingerprint density at radius 2 is 2.58 bits per heavy atom. The van der Waals surface area contributed by atoms with Crippen molar-refractivity contribution in [3.8, 4) is 11.8 Å². The Labute approximate surface area is 78.2 Å². The predicted molar refractivity (Wildman–Crippen MR) is 55.4 cm³/mol. The van der Waals surface area contributed by atoms with Crippen LogP contribution in [0.2, 0.25) is 0 Å². The van der Waals surface area contributed by atoms with E-state index in [0.717, 1.165) is 23.9 Å². The zero-order chi connectivity index (χ0) is 8.81. The number of thioether (sulfide) groups is 1. The molecule has 0 aromatic carbocycles. The fourth-order valence-electron chi connectivity index (χ4n) is 0.933. The van der Waals surface area contributed by atoms with Crippen molar-refractivity contribution < 1.29 is 0 Å². The maximum atomic E-state index is 4.33. The van der Waals surface area contributed by atoms with Crippen LogP contribution < -0.4 is 5.32 Å². The minimum Gasteiger partial charge on any atom is -0.361 e. The molecule has 1 N–H and O–H groups in total. The molecule has 0 fully saturated rings. The molecule has 0 aliphatic carbocycles. The third-order valence-electron chi connectivity index (χ3n) is 1.52. The predicted octanol–water partition coefficient (Wildman–Crippen LogP) is 1.48. The molecule has 66 valence electrons. The lowest BCUT2D eigenvalue weighted by atomic mass is 10.4. The van der Waals surface area contributed by atoms with Crippen LogP contribution in [0.1, 0.15) is 20.3 Å². The fraction of sp³-hybridized carbons (Fsp3) is 0.667. The van der Waals surface area contributed by atoms with E-state index in [2.05, 4.69) is 29.1 Å². The Morgan fingerprint density at radius 1 is 1.75 bits per heavy atom. The molecule has 0 aromatic heterocycles. The van der Waals surface area contributed by atoms with Crippen molar-refractivity contribution in [3.05, 3.63) is 0 Å². The molecule has 0 aromatic rings. The van der Waals surface area contributed by atoms with E-state index in [9.17, 15) is 0 Å². The number of hydrogen-bond donors (Lipinski definition) is 1. The standard InChI is InChI=1S/C9H14N2S/c1-3-4-5-6-12-9-10-7-8(2)11-9/h8H,5-7H2,1-2H3,(H,10,11). The van der Waals surface area contributed by atoms with Gasteiger partial charge in [0, 0.05) is 18.2 Å². The maximum Gasteiger partial charge on any atom is 0.156 e. The molecule has 0 radical (unpaired) electrons. The van der Waals surface area contributed by atoms with Gasteiger partial charge in [0.05, 0.1) is 6.54 Å². The Balaban J connectivity index is 2.10. The van der Waals surface area contributed by atoms with Crippen LogP contribution in [-0.2, 0) is 0 Å². The van der Waals surface area contributed by atoms with Gasteiger partial charge >= 0.3 is 0 Å². The summed E-state index contributed by atoms with van der Waals surface area (Å²) in [6.07, 6.45) is 0.955. The van der Waals surface area contributed by atoms with Gasteiger partial charge in [0.25, 0.3) is 0 Å². The largest absolute Gasteiger partial charge is 0.361 e. The topological polar surface area (TPSA) is 24.4 Å². The molecule has 0 spiro atoms. The summed E-state index contributed by atoms with van der Waals surface area (Å²) in [6, 6.07) is 0.518. The Bertz CT molecular complexity index is 224. The first-order valence-electron chi connectivity index (χ1n) is 4.16. The summed E-state index contributed by atoms with van der Waals surface area (Å²) in [5.41, 5.74) is 0. The first-order chi connectivity index (χ1) is 5.83. The lowest BCUT2D eigenvalue weighted by Gasteiger charge is -2.03. The van der Waals surface area contributed by atoms with E-state index >= 15 is 0 Å². The second-order valence-corrected chi connectivity index (χ2v) is 3.80. The zero-order valence-electron chi connectivity index (χ0n) is 7.55. The highest BCUT2D eigenvalue weighted by Gasteiger charge is 2.11. The molecular formula is C9H14N2S. The third kappa shape index (κ3) is 3.19. The molecule has 1 unspecified atom stereocenters. The number of aliphatic imine (C=N–C) groups is 1. The molecule has 1 rings (SSSR count). The van der Waals surface area contributed by atoms with Crippen LogP contribution in [0.4, 0.5) is 0 Å². The quantitative estimate of drug-likeness (QED) is 0.517. The van der Waals surface area contributed by atoms with E-state index in [0.29, 0.717) is 6.04 Å². The molecule has 1 aliphatic rings. The van der Waals surface area contributed by atoms with E-state index in [1.165, 1.54) is 0 Å². The van der Waals surface area contributed by atoms with Gasteiger partial charge in [-0.05, 0) is 13.8 Å². The van der Waals surface area contributed by atoms with Crippen LogP contribution in [0, 0.1) is 11.8 Å². The van der Waals surface area contributed by atoms with Gasteiger partial charge in [0.2, 0.25) is 0 Å². The van der Waals surface area contributed by atoms with Crippen LogP contribution in [0.25, 0.3) is 0 Å². The molecule has 1 heterocycles. The van der Waals surface area contributed by atoms with Gasteiger partial charge < -0.3 is 5.32 Å². The molecule has 1 atom stereocenters. The highest BCUT2D eigenvalue weighted by Crippen LogP contribution is 2.08. The lowest BCUT2D eigenvalue weighted by Crippen LogP contribution is -2.25. The summed E-state index contributed by atoms with van der Waals surface area (Å²) in [5, 5.41) is 4.38. The number of nitrogens with zero attached hydrogens (tertiary/aromatic N) is 1. The summed E-state index contributed by atoms with van der Waals surface area (Å²) in [6.45, 7) is 4.93. The second kappa shape index (κ2) is 5.10. The number of nitrogens with one attached hydrogen (secondary N) is 1. The molecule has 0 bridgehead atoms. The van der Waals surface area contributed by atoms with Gasteiger partial charge in [0.15, 0.2) is 5.17 Å². The van der Waals surface area contributed by atoms with E-state index in [1.54, 1.807) is 11.8 Å². The van der Waals surface area contributed by atoms with E-state index in [1.807, 2.05) is 6.92 Å². The monoisotopic (exact) mass is 182 g/mol. The Morgan fingerprint density at radius 3 is 3.17 bits per heavy atom. The summed E-state index contributed by atoms with van der Waals surface area (Å²) in [5.74, 6) is 6.95. The van der Waals surface area contributed by atoms with Crippen molar-refractivity contribution >= 4 is 16.9 Å². The van der Waals surface area contributed by atoms with Crippen molar-refractivity contribution in [2.45, 2.75) is 26.3 Å². The van der Waals surface area contributed by atoms with Crippen molar-refractivity contribution in [1.29, 1.82) is 0 Å². The van der Waals surface area contributed by atoms with E-state index in [-0.39, 0.29) is 0 Å². The SMILES string of the molecule is CC#CCCSC1=NCC(C)N1. The van der Waals surface area contributed by atoms with Crippen molar-refractivity contribution in [2.75, 3.05) is 12.3 Å². The van der Waals surface area contributed by atoms with E-state index < -0.39 is 0 Å². The summed E-state index contributed by atoms with van der Waals surface area (Å²) in [4.78, 5) is 4.33. The van der Waals surface area contributed by atoms with Crippen LogP contribution in [0.5, 0.6) is 0 Å².